The molecule has 1 fully saturated rings. The monoisotopic (exact) mass is 268 g/mol. The average molecular weight is 268 g/mol. The first-order chi connectivity index (χ1) is 9.02. The van der Waals surface area contributed by atoms with Gasteiger partial charge in [-0.2, -0.15) is 0 Å². The lowest BCUT2D eigenvalue weighted by atomic mass is 9.86. The van der Waals surface area contributed by atoms with Crippen LogP contribution in [0.2, 0.25) is 0 Å². The quantitative estimate of drug-likeness (QED) is 0.913. The highest BCUT2D eigenvalue weighted by molar-refractivity contribution is 5.22. The number of hydrogen-bond acceptors (Lipinski definition) is 2. The lowest BCUT2D eigenvalue weighted by Gasteiger charge is -2.40. The Morgan fingerprint density at radius 2 is 2.16 bits per heavy atom. The fraction of sp³-hybridized carbons (Fsp3) is 0.600. The van der Waals surface area contributed by atoms with Crippen molar-refractivity contribution in [1.82, 2.24) is 4.90 Å². The van der Waals surface area contributed by atoms with E-state index in [-0.39, 0.29) is 6.04 Å². The molecule has 2 N–H and O–H groups in total. The van der Waals surface area contributed by atoms with Crippen LogP contribution < -0.4 is 5.73 Å². The van der Waals surface area contributed by atoms with Crippen molar-refractivity contribution in [3.05, 3.63) is 35.4 Å². The van der Waals surface area contributed by atoms with E-state index in [0.29, 0.717) is 23.9 Å². The van der Waals surface area contributed by atoms with Crippen LogP contribution in [0.4, 0.5) is 8.78 Å². The second-order valence-corrected chi connectivity index (χ2v) is 5.60. The van der Waals surface area contributed by atoms with E-state index >= 15 is 0 Å². The van der Waals surface area contributed by atoms with E-state index < -0.39 is 11.6 Å². The Morgan fingerprint density at radius 3 is 2.79 bits per heavy atom. The summed E-state index contributed by atoms with van der Waals surface area (Å²) in [6.07, 6.45) is 1.08. The number of nitrogens with two attached hydrogens (primary N) is 1. The van der Waals surface area contributed by atoms with Crippen molar-refractivity contribution in [3.63, 3.8) is 0 Å². The third-order valence-electron chi connectivity index (χ3n) is 4.41. The second kappa shape index (κ2) is 5.97. The van der Waals surface area contributed by atoms with Crippen molar-refractivity contribution >= 4 is 0 Å². The molecule has 19 heavy (non-hydrogen) atoms. The first-order valence-electron chi connectivity index (χ1n) is 6.92. The molecule has 0 bridgehead atoms. The summed E-state index contributed by atoms with van der Waals surface area (Å²) in [7, 11) is 0. The van der Waals surface area contributed by atoms with Gasteiger partial charge in [0.05, 0.1) is 0 Å². The molecule has 0 spiro atoms. The number of benzene rings is 1. The van der Waals surface area contributed by atoms with E-state index in [9.17, 15) is 8.78 Å². The van der Waals surface area contributed by atoms with Crippen LogP contribution in [0, 0.1) is 23.5 Å². The zero-order valence-corrected chi connectivity index (χ0v) is 11.6. The number of likely N-dealkylation sites (tertiary alicyclic amines) is 1. The summed E-state index contributed by atoms with van der Waals surface area (Å²) in [6.45, 7) is 6.68. The maximum Gasteiger partial charge on any atom is 0.130 e. The minimum absolute atomic E-state index is 0.0397. The molecule has 0 radical (unpaired) electrons. The maximum absolute atomic E-state index is 13.8. The fourth-order valence-corrected chi connectivity index (χ4v) is 2.87. The predicted octanol–water partition coefficient (Wildman–Crippen LogP) is 2.94. The number of hydrogen-bond donors (Lipinski definition) is 1. The molecule has 1 aromatic rings. The zero-order valence-electron chi connectivity index (χ0n) is 11.6. The molecule has 2 nitrogen and oxygen atoms in total. The van der Waals surface area contributed by atoms with Crippen LogP contribution in [0.1, 0.15) is 31.9 Å². The molecule has 1 aliphatic rings. The van der Waals surface area contributed by atoms with E-state index in [0.717, 1.165) is 25.6 Å². The average Bonchev–Trinajstić information content (AvgIpc) is 2.38. The Labute approximate surface area is 113 Å². The third kappa shape index (κ3) is 3.12. The zero-order chi connectivity index (χ0) is 14.0. The molecule has 4 heteroatoms. The molecule has 0 saturated carbocycles. The minimum Gasteiger partial charge on any atom is -0.330 e. The number of piperidine rings is 1. The summed E-state index contributed by atoms with van der Waals surface area (Å²) < 4.78 is 26.8. The molecule has 0 aromatic heterocycles. The molecule has 1 saturated heterocycles. The van der Waals surface area contributed by atoms with Crippen LogP contribution in [-0.4, -0.2) is 24.5 Å². The molecule has 1 aromatic carbocycles. The van der Waals surface area contributed by atoms with Gasteiger partial charge in [-0.3, -0.25) is 4.90 Å². The highest BCUT2D eigenvalue weighted by atomic mass is 19.1. The second-order valence-electron chi connectivity index (χ2n) is 5.60. The predicted molar refractivity (Wildman–Crippen MR) is 72.7 cm³/mol. The lowest BCUT2D eigenvalue weighted by molar-refractivity contribution is 0.0963. The van der Waals surface area contributed by atoms with Crippen LogP contribution in [0.5, 0.6) is 0 Å². The van der Waals surface area contributed by atoms with Gasteiger partial charge in [-0.15, -0.1) is 0 Å². The summed E-state index contributed by atoms with van der Waals surface area (Å²) in [5.41, 5.74) is 6.36. The van der Waals surface area contributed by atoms with Gasteiger partial charge in [0.1, 0.15) is 11.6 Å². The van der Waals surface area contributed by atoms with Crippen LogP contribution >= 0.6 is 0 Å². The van der Waals surface area contributed by atoms with Gasteiger partial charge in [-0.05, 0) is 44.3 Å². The van der Waals surface area contributed by atoms with Crippen LogP contribution in [-0.2, 0) is 0 Å². The molecular formula is C15H22F2N2. The third-order valence-corrected chi connectivity index (χ3v) is 4.41. The molecule has 3 atom stereocenters. The minimum atomic E-state index is -0.527. The van der Waals surface area contributed by atoms with Crippen molar-refractivity contribution in [1.29, 1.82) is 0 Å². The van der Waals surface area contributed by atoms with Crippen molar-refractivity contribution in [2.75, 3.05) is 19.6 Å². The molecule has 0 aliphatic carbocycles. The van der Waals surface area contributed by atoms with Crippen molar-refractivity contribution in [2.24, 2.45) is 17.6 Å². The van der Waals surface area contributed by atoms with Gasteiger partial charge in [0.2, 0.25) is 0 Å². The van der Waals surface area contributed by atoms with Gasteiger partial charge >= 0.3 is 0 Å². The smallest absolute Gasteiger partial charge is 0.130 e. The Kier molecular flexibility index (Phi) is 4.53. The topological polar surface area (TPSA) is 29.3 Å². The lowest BCUT2D eigenvalue weighted by Crippen LogP contribution is -2.43. The normalized spacial score (nSPS) is 26.4. The number of nitrogens with zero attached hydrogens (tertiary/aromatic N) is 1. The van der Waals surface area contributed by atoms with Crippen molar-refractivity contribution in [3.8, 4) is 0 Å². The van der Waals surface area contributed by atoms with Crippen LogP contribution in [0.15, 0.2) is 18.2 Å². The van der Waals surface area contributed by atoms with Gasteiger partial charge < -0.3 is 5.73 Å². The first-order valence-corrected chi connectivity index (χ1v) is 6.92. The highest BCUT2D eigenvalue weighted by Crippen LogP contribution is 2.30. The molecule has 1 heterocycles. The number of halogens is 2. The van der Waals surface area contributed by atoms with Gasteiger partial charge in [0.15, 0.2) is 0 Å². The molecule has 3 unspecified atom stereocenters. The van der Waals surface area contributed by atoms with E-state index in [1.54, 1.807) is 6.07 Å². The Morgan fingerprint density at radius 1 is 1.42 bits per heavy atom. The van der Waals surface area contributed by atoms with Crippen LogP contribution in [0.3, 0.4) is 0 Å². The van der Waals surface area contributed by atoms with Gasteiger partial charge in [0, 0.05) is 24.2 Å². The molecule has 1 aliphatic heterocycles. The van der Waals surface area contributed by atoms with Crippen LogP contribution in [0.25, 0.3) is 0 Å². The van der Waals surface area contributed by atoms with Gasteiger partial charge in [-0.25, -0.2) is 8.78 Å². The molecular weight excluding hydrogens is 246 g/mol. The standard InChI is InChI=1S/C15H22F2N2/c1-10-5-6-19(9-12(10)8-18)11(2)14-4-3-13(16)7-15(14)17/h3-4,7,10-12H,5-6,8-9,18H2,1-2H3. The molecule has 2 rings (SSSR count). The van der Waals surface area contributed by atoms with E-state index in [1.165, 1.54) is 6.07 Å². The summed E-state index contributed by atoms with van der Waals surface area (Å²) in [5, 5.41) is 0. The summed E-state index contributed by atoms with van der Waals surface area (Å²) >= 11 is 0. The van der Waals surface area contributed by atoms with E-state index in [4.69, 9.17) is 5.73 Å². The summed E-state index contributed by atoms with van der Waals surface area (Å²) in [4.78, 5) is 2.24. The van der Waals surface area contributed by atoms with Crippen molar-refractivity contribution < 1.29 is 8.78 Å². The Hall–Kier alpha value is -1.00. The fourth-order valence-electron chi connectivity index (χ4n) is 2.87. The number of rotatable bonds is 3. The largest absolute Gasteiger partial charge is 0.330 e. The first kappa shape index (κ1) is 14.4. The maximum atomic E-state index is 13.8. The highest BCUT2D eigenvalue weighted by Gasteiger charge is 2.29. The van der Waals surface area contributed by atoms with E-state index in [1.807, 2.05) is 6.92 Å². The van der Waals surface area contributed by atoms with Crippen molar-refractivity contribution in [2.45, 2.75) is 26.3 Å². The Bertz CT molecular complexity index is 436. The Balaban J connectivity index is 2.13. The summed E-state index contributed by atoms with van der Waals surface area (Å²) in [5.74, 6) is 0.0854. The van der Waals surface area contributed by atoms with E-state index in [2.05, 4.69) is 11.8 Å². The SMILES string of the molecule is CC1CCN(C(C)c2ccc(F)cc2F)CC1CN. The summed E-state index contributed by atoms with van der Waals surface area (Å²) in [6, 6.07) is 3.79. The molecule has 0 amide bonds. The van der Waals surface area contributed by atoms with Gasteiger partial charge in [-0.1, -0.05) is 13.0 Å². The molecule has 106 valence electrons. The van der Waals surface area contributed by atoms with Gasteiger partial charge in [0.25, 0.3) is 0 Å².